The molecule has 0 radical (unpaired) electrons. The third-order valence-electron chi connectivity index (χ3n) is 2.12. The van der Waals surface area contributed by atoms with Crippen LogP contribution in [0.15, 0.2) is 35.7 Å². The van der Waals surface area contributed by atoms with Gasteiger partial charge in [-0.25, -0.2) is 0 Å². The van der Waals surface area contributed by atoms with E-state index in [1.807, 2.05) is 42.6 Å². The Bertz CT molecular complexity index is 515. The second kappa shape index (κ2) is 4.20. The molecule has 0 atom stereocenters. The minimum Gasteiger partial charge on any atom is -0.399 e. The third-order valence-corrected chi connectivity index (χ3v) is 2.91. The first-order chi connectivity index (χ1) is 7.25. The fourth-order valence-electron chi connectivity index (χ4n) is 1.24. The minimum atomic E-state index is 0.816. The smallest absolute Gasteiger partial charge is 0.0772 e. The normalized spacial score (nSPS) is 9.40. The van der Waals surface area contributed by atoms with Crippen molar-refractivity contribution < 1.29 is 0 Å². The predicted molar refractivity (Wildman–Crippen MR) is 65.9 cm³/mol. The van der Waals surface area contributed by atoms with Gasteiger partial charge in [0.05, 0.1) is 4.88 Å². The van der Waals surface area contributed by atoms with Gasteiger partial charge < -0.3 is 5.73 Å². The van der Waals surface area contributed by atoms with Gasteiger partial charge in [0.2, 0.25) is 0 Å². The lowest BCUT2D eigenvalue weighted by molar-refractivity contribution is 1.45. The third kappa shape index (κ3) is 2.39. The molecule has 2 rings (SSSR count). The maximum Gasteiger partial charge on any atom is 0.0772 e. The summed E-state index contributed by atoms with van der Waals surface area (Å²) in [6, 6.07) is 9.87. The Kier molecular flexibility index (Phi) is 2.75. The van der Waals surface area contributed by atoms with E-state index in [-0.39, 0.29) is 0 Å². The van der Waals surface area contributed by atoms with E-state index in [1.54, 1.807) is 11.3 Å². The number of hydrogen-bond acceptors (Lipinski definition) is 2. The fraction of sp³-hybridized carbons (Fsp3) is 0.0769. The first kappa shape index (κ1) is 9.82. The highest BCUT2D eigenvalue weighted by atomic mass is 32.1. The van der Waals surface area contributed by atoms with Crippen molar-refractivity contribution >= 4 is 17.0 Å². The van der Waals surface area contributed by atoms with Crippen LogP contribution in [0.2, 0.25) is 0 Å². The molecule has 1 heterocycles. The molecule has 0 saturated heterocycles. The quantitative estimate of drug-likeness (QED) is 0.528. The maximum absolute atomic E-state index is 5.73. The zero-order valence-corrected chi connectivity index (χ0v) is 9.27. The molecule has 15 heavy (non-hydrogen) atoms. The predicted octanol–water partition coefficient (Wildman–Crippen LogP) is 3.04. The fourth-order valence-corrected chi connectivity index (χ4v) is 1.81. The number of rotatable bonds is 0. The van der Waals surface area contributed by atoms with Crippen molar-refractivity contribution in [2.24, 2.45) is 0 Å². The standard InChI is InChI=1S/C13H11NS/c1-10-9-11(5-7-13(10)14)4-6-12-3-2-8-15-12/h2-3,5,7-9H,14H2,1H3. The molecule has 0 aliphatic carbocycles. The van der Waals surface area contributed by atoms with Crippen LogP contribution in [-0.2, 0) is 0 Å². The second-order valence-corrected chi connectivity index (χ2v) is 4.25. The van der Waals surface area contributed by atoms with Gasteiger partial charge in [-0.05, 0) is 42.1 Å². The van der Waals surface area contributed by atoms with Crippen molar-refractivity contribution in [2.75, 3.05) is 5.73 Å². The molecule has 0 unspecified atom stereocenters. The van der Waals surface area contributed by atoms with E-state index in [1.165, 1.54) is 0 Å². The number of hydrogen-bond donors (Lipinski definition) is 1. The molecule has 0 spiro atoms. The Balaban J connectivity index is 2.28. The molecule has 74 valence electrons. The van der Waals surface area contributed by atoms with Crippen molar-refractivity contribution in [1.82, 2.24) is 0 Å². The maximum atomic E-state index is 5.73. The molecule has 0 aliphatic heterocycles. The van der Waals surface area contributed by atoms with Crippen LogP contribution in [-0.4, -0.2) is 0 Å². The number of nitrogen functional groups attached to an aromatic ring is 1. The zero-order valence-electron chi connectivity index (χ0n) is 8.45. The molecule has 0 aliphatic rings. The average Bonchev–Trinajstić information content (AvgIpc) is 2.73. The topological polar surface area (TPSA) is 26.0 Å². The van der Waals surface area contributed by atoms with Gasteiger partial charge in [-0.15, -0.1) is 11.3 Å². The van der Waals surface area contributed by atoms with Gasteiger partial charge in [-0.2, -0.15) is 0 Å². The number of nitrogens with two attached hydrogens (primary N) is 1. The number of aryl methyl sites for hydroxylation is 1. The summed E-state index contributed by atoms with van der Waals surface area (Å²) in [5.74, 6) is 6.24. The molecule has 2 heteroatoms. The lowest BCUT2D eigenvalue weighted by Gasteiger charge is -1.98. The second-order valence-electron chi connectivity index (χ2n) is 3.30. The van der Waals surface area contributed by atoms with Gasteiger partial charge in [-0.1, -0.05) is 17.9 Å². The summed E-state index contributed by atoms with van der Waals surface area (Å²) in [4.78, 5) is 1.09. The van der Waals surface area contributed by atoms with Gasteiger partial charge in [0, 0.05) is 11.3 Å². The van der Waals surface area contributed by atoms with Crippen LogP contribution in [0.1, 0.15) is 16.0 Å². The Morgan fingerprint density at radius 3 is 2.73 bits per heavy atom. The van der Waals surface area contributed by atoms with Crippen molar-refractivity contribution in [2.45, 2.75) is 6.92 Å². The van der Waals surface area contributed by atoms with Crippen LogP contribution in [0, 0.1) is 18.8 Å². The monoisotopic (exact) mass is 213 g/mol. The van der Waals surface area contributed by atoms with Gasteiger partial charge in [-0.3, -0.25) is 0 Å². The molecule has 1 aromatic heterocycles. The Hall–Kier alpha value is -1.72. The van der Waals surface area contributed by atoms with Gasteiger partial charge in [0.1, 0.15) is 0 Å². The van der Waals surface area contributed by atoms with Crippen LogP contribution in [0.3, 0.4) is 0 Å². The molecule has 0 saturated carbocycles. The van der Waals surface area contributed by atoms with E-state index in [9.17, 15) is 0 Å². The summed E-state index contributed by atoms with van der Waals surface area (Å²) in [5.41, 5.74) is 8.64. The van der Waals surface area contributed by atoms with Crippen LogP contribution < -0.4 is 5.73 Å². The Morgan fingerprint density at radius 2 is 2.07 bits per heavy atom. The molecule has 0 amide bonds. The highest BCUT2D eigenvalue weighted by Crippen LogP contribution is 2.12. The summed E-state index contributed by atoms with van der Waals surface area (Å²) in [7, 11) is 0. The summed E-state index contributed by atoms with van der Waals surface area (Å²) in [5, 5.41) is 2.03. The van der Waals surface area contributed by atoms with E-state index in [0.29, 0.717) is 0 Å². The van der Waals surface area contributed by atoms with Crippen molar-refractivity contribution in [3.8, 4) is 11.8 Å². The first-order valence-electron chi connectivity index (χ1n) is 4.67. The number of benzene rings is 1. The van der Waals surface area contributed by atoms with E-state index >= 15 is 0 Å². The van der Waals surface area contributed by atoms with Crippen molar-refractivity contribution in [1.29, 1.82) is 0 Å². The molecular weight excluding hydrogens is 202 g/mol. The van der Waals surface area contributed by atoms with E-state index in [0.717, 1.165) is 21.7 Å². The van der Waals surface area contributed by atoms with Crippen LogP contribution in [0.25, 0.3) is 0 Å². The Labute approximate surface area is 93.6 Å². The van der Waals surface area contributed by atoms with Gasteiger partial charge in [0.15, 0.2) is 0 Å². The molecule has 1 aromatic carbocycles. The highest BCUT2D eigenvalue weighted by molar-refractivity contribution is 7.10. The molecule has 1 nitrogen and oxygen atoms in total. The minimum absolute atomic E-state index is 0.816. The van der Waals surface area contributed by atoms with Crippen molar-refractivity contribution in [3.05, 3.63) is 51.7 Å². The summed E-state index contributed by atoms with van der Waals surface area (Å²) in [6.45, 7) is 1.99. The Morgan fingerprint density at radius 1 is 1.20 bits per heavy atom. The lowest BCUT2D eigenvalue weighted by Crippen LogP contribution is -1.89. The molecule has 2 N–H and O–H groups in total. The number of anilines is 1. The van der Waals surface area contributed by atoms with Gasteiger partial charge >= 0.3 is 0 Å². The van der Waals surface area contributed by atoms with Crippen LogP contribution in [0.5, 0.6) is 0 Å². The summed E-state index contributed by atoms with van der Waals surface area (Å²) >= 11 is 1.65. The molecule has 0 bridgehead atoms. The van der Waals surface area contributed by atoms with Crippen LogP contribution >= 0.6 is 11.3 Å². The van der Waals surface area contributed by atoms with Crippen LogP contribution in [0.4, 0.5) is 5.69 Å². The van der Waals surface area contributed by atoms with Crippen molar-refractivity contribution in [3.63, 3.8) is 0 Å². The number of thiophene rings is 1. The summed E-state index contributed by atoms with van der Waals surface area (Å²) < 4.78 is 0. The molecule has 0 fully saturated rings. The average molecular weight is 213 g/mol. The van der Waals surface area contributed by atoms with E-state index in [2.05, 4.69) is 11.8 Å². The molecular formula is C13H11NS. The summed E-state index contributed by atoms with van der Waals surface area (Å²) in [6.07, 6.45) is 0. The highest BCUT2D eigenvalue weighted by Gasteiger charge is 1.93. The first-order valence-corrected chi connectivity index (χ1v) is 5.55. The SMILES string of the molecule is Cc1cc(C#Cc2cccs2)ccc1N. The zero-order chi connectivity index (χ0) is 10.7. The largest absolute Gasteiger partial charge is 0.399 e. The van der Waals surface area contributed by atoms with E-state index < -0.39 is 0 Å². The molecule has 2 aromatic rings. The van der Waals surface area contributed by atoms with E-state index in [4.69, 9.17) is 5.73 Å². The van der Waals surface area contributed by atoms with Gasteiger partial charge in [0.25, 0.3) is 0 Å². The lowest BCUT2D eigenvalue weighted by atomic mass is 10.1.